The Morgan fingerprint density at radius 1 is 1.29 bits per heavy atom. The SMILES string of the molecule is C=C(C)C(=O)OCC.CN(C)C.O=S(=O)(O)O. The average Bonchev–Trinajstić information content (AvgIpc) is 1.99. The maximum absolute atomic E-state index is 10.4. The molecule has 0 bridgehead atoms. The van der Waals surface area contributed by atoms with Crippen molar-refractivity contribution in [3.63, 3.8) is 0 Å². The van der Waals surface area contributed by atoms with Gasteiger partial charge in [-0.2, -0.15) is 8.42 Å². The van der Waals surface area contributed by atoms with E-state index < -0.39 is 10.4 Å². The fourth-order valence-electron chi connectivity index (χ4n) is 0.254. The molecule has 2 N–H and O–H groups in total. The molecule has 0 aromatic carbocycles. The molecule has 0 amide bonds. The summed E-state index contributed by atoms with van der Waals surface area (Å²) in [6.45, 7) is 7.21. The molecular formula is C9H21NO6S. The van der Waals surface area contributed by atoms with Crippen molar-refractivity contribution in [2.75, 3.05) is 27.7 Å². The van der Waals surface area contributed by atoms with Crippen LogP contribution in [0.3, 0.4) is 0 Å². The Morgan fingerprint density at radius 2 is 1.53 bits per heavy atom. The van der Waals surface area contributed by atoms with Crippen molar-refractivity contribution in [2.24, 2.45) is 0 Å². The molecule has 0 saturated heterocycles. The molecule has 0 atom stereocenters. The third-order valence-electron chi connectivity index (χ3n) is 0.624. The van der Waals surface area contributed by atoms with Crippen LogP contribution in [0, 0.1) is 0 Å². The second-order valence-corrected chi connectivity index (χ2v) is 4.19. The van der Waals surface area contributed by atoms with Gasteiger partial charge in [0, 0.05) is 5.57 Å². The van der Waals surface area contributed by atoms with Gasteiger partial charge in [0.05, 0.1) is 6.61 Å². The van der Waals surface area contributed by atoms with Gasteiger partial charge in [-0.3, -0.25) is 9.11 Å². The third-order valence-corrected chi connectivity index (χ3v) is 0.624. The first-order chi connectivity index (χ1) is 7.41. The normalized spacial score (nSPS) is 9.41. The monoisotopic (exact) mass is 271 g/mol. The van der Waals surface area contributed by atoms with E-state index in [1.54, 1.807) is 13.8 Å². The number of esters is 1. The molecule has 0 radical (unpaired) electrons. The van der Waals surface area contributed by atoms with Crippen LogP contribution in [-0.4, -0.2) is 56.1 Å². The molecule has 0 fully saturated rings. The van der Waals surface area contributed by atoms with Crippen molar-refractivity contribution < 1.29 is 27.1 Å². The largest absolute Gasteiger partial charge is 0.463 e. The third kappa shape index (κ3) is 70.1. The molecule has 0 aliphatic carbocycles. The van der Waals surface area contributed by atoms with Crippen LogP contribution in [0.15, 0.2) is 12.2 Å². The maximum Gasteiger partial charge on any atom is 0.394 e. The van der Waals surface area contributed by atoms with Crippen LogP contribution in [0.25, 0.3) is 0 Å². The number of nitrogens with zero attached hydrogens (tertiary/aromatic N) is 1. The van der Waals surface area contributed by atoms with Gasteiger partial charge in [-0.1, -0.05) is 6.58 Å². The zero-order valence-corrected chi connectivity index (χ0v) is 11.6. The average molecular weight is 271 g/mol. The molecule has 7 nitrogen and oxygen atoms in total. The molecule has 0 aliphatic heterocycles. The molecule has 0 unspecified atom stereocenters. The number of hydrogen-bond donors (Lipinski definition) is 2. The summed E-state index contributed by atoms with van der Waals surface area (Å²) in [5.41, 5.74) is 0.451. The summed E-state index contributed by atoms with van der Waals surface area (Å²) in [6, 6.07) is 0. The van der Waals surface area contributed by atoms with E-state index in [0.717, 1.165) is 0 Å². The highest BCUT2D eigenvalue weighted by molar-refractivity contribution is 7.79. The molecule has 0 heterocycles. The van der Waals surface area contributed by atoms with Gasteiger partial charge in [-0.25, -0.2) is 4.79 Å². The Balaban J connectivity index is -0.000000188. The first kappa shape index (κ1) is 21.3. The molecule has 0 aromatic rings. The number of hydrogen-bond acceptors (Lipinski definition) is 5. The highest BCUT2D eigenvalue weighted by Gasteiger charge is 1.98. The number of carbonyl (C=O) groups excluding carboxylic acids is 1. The summed E-state index contributed by atoms with van der Waals surface area (Å²) in [5.74, 6) is -0.312. The Bertz CT molecular complexity index is 299. The van der Waals surface area contributed by atoms with E-state index in [9.17, 15) is 4.79 Å². The highest BCUT2D eigenvalue weighted by Crippen LogP contribution is 1.89. The Labute approximate surface area is 103 Å². The van der Waals surface area contributed by atoms with Crippen molar-refractivity contribution in [1.29, 1.82) is 0 Å². The van der Waals surface area contributed by atoms with Crippen LogP contribution in [0.1, 0.15) is 13.8 Å². The smallest absolute Gasteiger partial charge is 0.394 e. The Hall–Kier alpha value is -0.960. The lowest BCUT2D eigenvalue weighted by molar-refractivity contribution is -0.138. The zero-order valence-electron chi connectivity index (χ0n) is 10.8. The summed E-state index contributed by atoms with van der Waals surface area (Å²) in [7, 11) is 1.33. The minimum Gasteiger partial charge on any atom is -0.463 e. The minimum atomic E-state index is -4.67. The molecule has 0 spiro atoms. The van der Waals surface area contributed by atoms with Crippen LogP contribution in [0.2, 0.25) is 0 Å². The molecular weight excluding hydrogens is 250 g/mol. The molecule has 0 saturated carbocycles. The fourth-order valence-corrected chi connectivity index (χ4v) is 0.254. The van der Waals surface area contributed by atoms with Gasteiger partial charge in [-0.15, -0.1) is 0 Å². The van der Waals surface area contributed by atoms with Crippen LogP contribution in [0.4, 0.5) is 0 Å². The summed E-state index contributed by atoms with van der Waals surface area (Å²) >= 11 is 0. The zero-order chi connectivity index (χ0) is 14.6. The van der Waals surface area contributed by atoms with E-state index in [4.69, 9.17) is 17.5 Å². The number of rotatable bonds is 2. The summed E-state index contributed by atoms with van der Waals surface area (Å²) in [5, 5.41) is 0. The first-order valence-corrected chi connectivity index (χ1v) is 5.94. The predicted octanol–water partition coefficient (Wildman–Crippen LogP) is 0.651. The van der Waals surface area contributed by atoms with Crippen LogP contribution in [-0.2, 0) is 19.9 Å². The minimum absolute atomic E-state index is 0.312. The van der Waals surface area contributed by atoms with Crippen molar-refractivity contribution in [2.45, 2.75) is 13.8 Å². The second-order valence-electron chi connectivity index (χ2n) is 3.29. The predicted molar refractivity (Wildman–Crippen MR) is 65.2 cm³/mol. The van der Waals surface area contributed by atoms with Gasteiger partial charge >= 0.3 is 16.4 Å². The van der Waals surface area contributed by atoms with E-state index in [1.165, 1.54) is 0 Å². The first-order valence-electron chi connectivity index (χ1n) is 4.55. The van der Waals surface area contributed by atoms with Crippen molar-refractivity contribution in [1.82, 2.24) is 4.90 Å². The van der Waals surface area contributed by atoms with Crippen molar-refractivity contribution in [3.05, 3.63) is 12.2 Å². The fraction of sp³-hybridized carbons (Fsp3) is 0.667. The summed E-state index contributed by atoms with van der Waals surface area (Å²) in [4.78, 5) is 12.4. The van der Waals surface area contributed by atoms with Gasteiger partial charge in [0.1, 0.15) is 0 Å². The van der Waals surface area contributed by atoms with Gasteiger partial charge in [0.25, 0.3) is 0 Å². The van der Waals surface area contributed by atoms with Gasteiger partial charge in [0.2, 0.25) is 0 Å². The van der Waals surface area contributed by atoms with Crippen LogP contribution < -0.4 is 0 Å². The number of ether oxygens (including phenoxy) is 1. The molecule has 104 valence electrons. The van der Waals surface area contributed by atoms with Gasteiger partial charge < -0.3 is 9.64 Å². The summed E-state index contributed by atoms with van der Waals surface area (Å²) < 4.78 is 36.1. The van der Waals surface area contributed by atoms with Crippen LogP contribution >= 0.6 is 0 Å². The van der Waals surface area contributed by atoms with E-state index in [-0.39, 0.29) is 5.97 Å². The van der Waals surface area contributed by atoms with E-state index in [2.05, 4.69) is 11.3 Å². The van der Waals surface area contributed by atoms with Crippen molar-refractivity contribution >= 4 is 16.4 Å². The Morgan fingerprint density at radius 3 is 1.59 bits per heavy atom. The molecule has 0 aliphatic rings. The number of carbonyl (C=O) groups is 1. The standard InChI is InChI=1S/C6H10O2.C3H9N.H2O4S/c1-4-8-6(7)5(2)3;1-4(2)3;1-5(2,3)4/h2,4H2,1,3H3;1-3H3;(H2,1,2,3,4). The lowest BCUT2D eigenvalue weighted by Gasteiger charge is -1.96. The summed E-state index contributed by atoms with van der Waals surface area (Å²) in [6.07, 6.45) is 0. The lowest BCUT2D eigenvalue weighted by Crippen LogP contribution is -2.03. The molecule has 8 heteroatoms. The topological polar surface area (TPSA) is 104 Å². The maximum atomic E-state index is 10.4. The second kappa shape index (κ2) is 11.5. The Kier molecular flexibility index (Phi) is 14.5. The highest BCUT2D eigenvalue weighted by atomic mass is 32.3. The van der Waals surface area contributed by atoms with E-state index >= 15 is 0 Å². The molecule has 17 heavy (non-hydrogen) atoms. The van der Waals surface area contributed by atoms with Crippen molar-refractivity contribution in [3.8, 4) is 0 Å². The molecule has 0 aromatic heterocycles. The van der Waals surface area contributed by atoms with Crippen LogP contribution in [0.5, 0.6) is 0 Å². The van der Waals surface area contributed by atoms with E-state index in [1.807, 2.05) is 26.0 Å². The van der Waals surface area contributed by atoms with Gasteiger partial charge in [-0.05, 0) is 35.0 Å². The quantitative estimate of drug-likeness (QED) is 0.431. The lowest BCUT2D eigenvalue weighted by atomic mass is 10.4. The molecule has 0 rings (SSSR count). The van der Waals surface area contributed by atoms with Gasteiger partial charge in [0.15, 0.2) is 0 Å². The van der Waals surface area contributed by atoms with E-state index in [0.29, 0.717) is 12.2 Å².